The first-order valence-electron chi connectivity index (χ1n) is 8.14. The molecule has 23 heavy (non-hydrogen) atoms. The SMILES string of the molecule is CCn1cnnc1C1CN(Cc2csc(C(C)(C)C)n2)CCO1. The van der Waals surface area contributed by atoms with Crippen molar-refractivity contribution in [3.8, 4) is 0 Å². The molecule has 1 saturated heterocycles. The average molecular weight is 335 g/mol. The van der Waals surface area contributed by atoms with E-state index in [1.165, 1.54) is 5.01 Å². The molecule has 1 aliphatic rings. The van der Waals surface area contributed by atoms with Crippen molar-refractivity contribution in [2.75, 3.05) is 19.7 Å². The summed E-state index contributed by atoms with van der Waals surface area (Å²) < 4.78 is 7.96. The summed E-state index contributed by atoms with van der Waals surface area (Å²) in [5.74, 6) is 0.922. The van der Waals surface area contributed by atoms with Gasteiger partial charge in [-0.05, 0) is 6.92 Å². The lowest BCUT2D eigenvalue weighted by Crippen LogP contribution is -2.38. The number of hydrogen-bond acceptors (Lipinski definition) is 6. The van der Waals surface area contributed by atoms with E-state index in [1.807, 2.05) is 0 Å². The Hall–Kier alpha value is -1.31. The van der Waals surface area contributed by atoms with Crippen molar-refractivity contribution in [1.29, 1.82) is 0 Å². The minimum atomic E-state index is -0.00748. The molecule has 3 rings (SSSR count). The third-order valence-corrected chi connectivity index (χ3v) is 5.32. The molecule has 6 nitrogen and oxygen atoms in total. The fraction of sp³-hybridized carbons (Fsp3) is 0.688. The molecule has 0 bridgehead atoms. The van der Waals surface area contributed by atoms with Crippen LogP contribution in [0.1, 0.15) is 50.3 Å². The summed E-state index contributed by atoms with van der Waals surface area (Å²) in [6.45, 7) is 12.9. The summed E-state index contributed by atoms with van der Waals surface area (Å²) in [7, 11) is 0. The van der Waals surface area contributed by atoms with Gasteiger partial charge in [0, 0.05) is 37.0 Å². The second-order valence-corrected chi connectivity index (χ2v) is 7.82. The molecule has 3 heterocycles. The number of rotatable bonds is 4. The highest BCUT2D eigenvalue weighted by Crippen LogP contribution is 2.27. The Bertz CT molecular complexity index is 645. The Labute approximate surface area is 141 Å². The highest BCUT2D eigenvalue weighted by atomic mass is 32.1. The highest BCUT2D eigenvalue weighted by Gasteiger charge is 2.26. The minimum absolute atomic E-state index is 0.00748. The first kappa shape index (κ1) is 16.5. The fourth-order valence-corrected chi connectivity index (χ4v) is 3.61. The van der Waals surface area contributed by atoms with Crippen molar-refractivity contribution >= 4 is 11.3 Å². The van der Waals surface area contributed by atoms with Gasteiger partial charge in [0.05, 0.1) is 17.3 Å². The van der Waals surface area contributed by atoms with E-state index < -0.39 is 0 Å². The van der Waals surface area contributed by atoms with Crippen molar-refractivity contribution < 1.29 is 4.74 Å². The summed E-state index contributed by atoms with van der Waals surface area (Å²) in [5, 5.41) is 11.6. The van der Waals surface area contributed by atoms with E-state index in [2.05, 4.69) is 52.7 Å². The van der Waals surface area contributed by atoms with Gasteiger partial charge in [0.15, 0.2) is 5.82 Å². The number of aromatic nitrogens is 4. The third-order valence-electron chi connectivity index (χ3n) is 4.00. The molecule has 2 aromatic rings. The Morgan fingerprint density at radius 2 is 2.22 bits per heavy atom. The van der Waals surface area contributed by atoms with Gasteiger partial charge >= 0.3 is 0 Å². The lowest BCUT2D eigenvalue weighted by molar-refractivity contribution is -0.0391. The maximum absolute atomic E-state index is 5.91. The number of thiazole rings is 1. The molecule has 1 aliphatic heterocycles. The van der Waals surface area contributed by atoms with Crippen molar-refractivity contribution in [2.24, 2.45) is 0 Å². The molecule has 0 aliphatic carbocycles. The molecule has 2 aromatic heterocycles. The summed E-state index contributed by atoms with van der Waals surface area (Å²) in [6, 6.07) is 0. The van der Waals surface area contributed by atoms with Crippen molar-refractivity contribution in [3.63, 3.8) is 0 Å². The number of nitrogens with zero attached hydrogens (tertiary/aromatic N) is 5. The fourth-order valence-electron chi connectivity index (χ4n) is 2.71. The number of aryl methyl sites for hydroxylation is 1. The van der Waals surface area contributed by atoms with Crippen LogP contribution in [0.2, 0.25) is 0 Å². The largest absolute Gasteiger partial charge is 0.368 e. The van der Waals surface area contributed by atoms with Crippen LogP contribution < -0.4 is 0 Å². The van der Waals surface area contributed by atoms with Crippen LogP contribution >= 0.6 is 11.3 Å². The van der Waals surface area contributed by atoms with Gasteiger partial charge in [0.25, 0.3) is 0 Å². The van der Waals surface area contributed by atoms with E-state index in [4.69, 9.17) is 9.72 Å². The van der Waals surface area contributed by atoms with Gasteiger partial charge in [-0.1, -0.05) is 20.8 Å². The lowest BCUT2D eigenvalue weighted by Gasteiger charge is -2.32. The van der Waals surface area contributed by atoms with Crippen molar-refractivity contribution in [2.45, 2.75) is 52.3 Å². The van der Waals surface area contributed by atoms with Gasteiger partial charge in [0.2, 0.25) is 0 Å². The summed E-state index contributed by atoms with van der Waals surface area (Å²) in [5.41, 5.74) is 1.27. The minimum Gasteiger partial charge on any atom is -0.368 e. The summed E-state index contributed by atoms with van der Waals surface area (Å²) in [4.78, 5) is 7.19. The van der Waals surface area contributed by atoms with Crippen molar-refractivity contribution in [1.82, 2.24) is 24.6 Å². The zero-order valence-electron chi connectivity index (χ0n) is 14.3. The van der Waals surface area contributed by atoms with E-state index in [-0.39, 0.29) is 11.5 Å². The molecular formula is C16H25N5OS. The number of ether oxygens (including phenoxy) is 1. The van der Waals surface area contributed by atoms with Crippen molar-refractivity contribution in [3.05, 3.63) is 28.2 Å². The van der Waals surface area contributed by atoms with Crippen LogP contribution in [-0.4, -0.2) is 44.3 Å². The quantitative estimate of drug-likeness (QED) is 0.860. The van der Waals surface area contributed by atoms with Gasteiger partial charge in [0.1, 0.15) is 12.4 Å². The summed E-state index contributed by atoms with van der Waals surface area (Å²) >= 11 is 1.75. The molecule has 1 atom stereocenters. The smallest absolute Gasteiger partial charge is 0.163 e. The lowest BCUT2D eigenvalue weighted by atomic mass is 9.98. The number of hydrogen-bond donors (Lipinski definition) is 0. The van der Waals surface area contributed by atoms with E-state index in [0.717, 1.165) is 44.3 Å². The molecule has 7 heteroatoms. The molecule has 0 spiro atoms. The van der Waals surface area contributed by atoms with Crippen LogP contribution in [0.3, 0.4) is 0 Å². The van der Waals surface area contributed by atoms with E-state index >= 15 is 0 Å². The van der Waals surface area contributed by atoms with Crippen LogP contribution in [0.25, 0.3) is 0 Å². The maximum atomic E-state index is 5.91. The zero-order chi connectivity index (χ0) is 16.4. The van der Waals surface area contributed by atoms with Crippen LogP contribution in [0, 0.1) is 0 Å². The van der Waals surface area contributed by atoms with Gasteiger partial charge in [-0.25, -0.2) is 4.98 Å². The normalized spacial score (nSPS) is 20.1. The molecule has 0 amide bonds. The molecule has 0 saturated carbocycles. The first-order valence-corrected chi connectivity index (χ1v) is 9.02. The Morgan fingerprint density at radius 1 is 1.39 bits per heavy atom. The molecule has 0 aromatic carbocycles. The average Bonchev–Trinajstić information content (AvgIpc) is 3.15. The molecule has 1 fully saturated rings. The highest BCUT2D eigenvalue weighted by molar-refractivity contribution is 7.09. The Morgan fingerprint density at radius 3 is 2.91 bits per heavy atom. The molecular weight excluding hydrogens is 310 g/mol. The van der Waals surface area contributed by atoms with Gasteiger partial charge in [-0.2, -0.15) is 0 Å². The molecule has 0 N–H and O–H groups in total. The van der Waals surface area contributed by atoms with E-state index in [1.54, 1.807) is 17.7 Å². The number of morpholine rings is 1. The van der Waals surface area contributed by atoms with E-state index in [0.29, 0.717) is 0 Å². The Kier molecular flexibility index (Phi) is 4.79. The predicted octanol–water partition coefficient (Wildman–Crippen LogP) is 2.63. The van der Waals surface area contributed by atoms with Gasteiger partial charge < -0.3 is 9.30 Å². The standard InChI is InChI=1S/C16H25N5OS/c1-5-21-11-17-19-14(21)13-9-20(6-7-22-13)8-12-10-23-15(18-12)16(2,3)4/h10-11,13H,5-9H2,1-4H3. The third kappa shape index (κ3) is 3.79. The van der Waals surface area contributed by atoms with Crippen LogP contribution in [-0.2, 0) is 23.2 Å². The topological polar surface area (TPSA) is 56.1 Å². The molecule has 126 valence electrons. The zero-order valence-corrected chi connectivity index (χ0v) is 15.1. The molecule has 0 radical (unpaired) electrons. The molecule has 1 unspecified atom stereocenters. The van der Waals surface area contributed by atoms with Gasteiger partial charge in [-0.3, -0.25) is 4.90 Å². The van der Waals surface area contributed by atoms with Crippen LogP contribution in [0.5, 0.6) is 0 Å². The van der Waals surface area contributed by atoms with E-state index in [9.17, 15) is 0 Å². The Balaban J connectivity index is 1.66. The van der Waals surface area contributed by atoms with Crippen LogP contribution in [0.15, 0.2) is 11.7 Å². The maximum Gasteiger partial charge on any atom is 0.163 e. The second kappa shape index (κ2) is 6.67. The first-order chi connectivity index (χ1) is 11.0. The predicted molar refractivity (Wildman–Crippen MR) is 90.5 cm³/mol. The monoisotopic (exact) mass is 335 g/mol. The second-order valence-electron chi connectivity index (χ2n) is 6.96. The summed E-state index contributed by atoms with van der Waals surface area (Å²) in [6.07, 6.45) is 1.76. The van der Waals surface area contributed by atoms with Gasteiger partial charge in [-0.15, -0.1) is 21.5 Å². The van der Waals surface area contributed by atoms with Crippen LogP contribution in [0.4, 0.5) is 0 Å².